The second-order valence-corrected chi connectivity index (χ2v) is 5.30. The van der Waals surface area contributed by atoms with E-state index in [2.05, 4.69) is 32.9 Å². The van der Waals surface area contributed by atoms with E-state index in [9.17, 15) is 0 Å². The summed E-state index contributed by atoms with van der Waals surface area (Å²) in [6, 6.07) is 0. The molecule has 16 heavy (non-hydrogen) atoms. The molecule has 0 nitrogen and oxygen atoms in total. The molecule has 1 aliphatic carbocycles. The maximum absolute atomic E-state index is 2.53. The Morgan fingerprint density at radius 2 is 2.25 bits per heavy atom. The standard InChI is InChI=1S/C16H28/c1-4-6-7-8-15-9-11-16(12-10-15)13-14(3)5-2/h5,9,16H,4,6-8,10-13H2,1-3H3. The first kappa shape index (κ1) is 13.5. The van der Waals surface area contributed by atoms with E-state index < -0.39 is 0 Å². The Morgan fingerprint density at radius 3 is 2.81 bits per heavy atom. The average Bonchev–Trinajstić information content (AvgIpc) is 2.31. The van der Waals surface area contributed by atoms with Gasteiger partial charge in [0.05, 0.1) is 0 Å². The van der Waals surface area contributed by atoms with Gasteiger partial charge in [0.15, 0.2) is 0 Å². The van der Waals surface area contributed by atoms with Crippen molar-refractivity contribution in [2.45, 2.75) is 72.1 Å². The number of unbranched alkanes of at least 4 members (excludes halogenated alkanes) is 2. The fourth-order valence-electron chi connectivity index (χ4n) is 2.53. The van der Waals surface area contributed by atoms with Gasteiger partial charge < -0.3 is 0 Å². The van der Waals surface area contributed by atoms with Crippen molar-refractivity contribution in [3.63, 3.8) is 0 Å². The molecule has 0 aromatic heterocycles. The molecule has 0 radical (unpaired) electrons. The van der Waals surface area contributed by atoms with Gasteiger partial charge in [0.25, 0.3) is 0 Å². The molecule has 92 valence electrons. The SMILES string of the molecule is CC=C(C)CC1CC=C(CCCCC)CC1. The molecule has 1 rings (SSSR count). The highest BCUT2D eigenvalue weighted by Gasteiger charge is 2.14. The third-order valence-corrected chi connectivity index (χ3v) is 3.82. The lowest BCUT2D eigenvalue weighted by Gasteiger charge is -2.22. The van der Waals surface area contributed by atoms with Gasteiger partial charge in [-0.1, -0.05) is 43.1 Å². The summed E-state index contributed by atoms with van der Waals surface area (Å²) in [5, 5.41) is 0. The molecule has 0 amide bonds. The quantitative estimate of drug-likeness (QED) is 0.401. The third kappa shape index (κ3) is 5.01. The van der Waals surface area contributed by atoms with E-state index in [1.165, 1.54) is 51.4 Å². The predicted molar refractivity (Wildman–Crippen MR) is 73.6 cm³/mol. The lowest BCUT2D eigenvalue weighted by molar-refractivity contribution is 0.457. The van der Waals surface area contributed by atoms with Gasteiger partial charge in [-0.3, -0.25) is 0 Å². The summed E-state index contributed by atoms with van der Waals surface area (Å²) in [5.74, 6) is 0.922. The van der Waals surface area contributed by atoms with Crippen molar-refractivity contribution >= 4 is 0 Å². The molecule has 0 aromatic rings. The van der Waals surface area contributed by atoms with Gasteiger partial charge in [0.1, 0.15) is 0 Å². The van der Waals surface area contributed by atoms with Crippen LogP contribution in [-0.4, -0.2) is 0 Å². The number of hydrogen-bond donors (Lipinski definition) is 0. The van der Waals surface area contributed by atoms with Gasteiger partial charge in [0.2, 0.25) is 0 Å². The largest absolute Gasteiger partial charge is 0.0887 e. The van der Waals surface area contributed by atoms with Crippen molar-refractivity contribution < 1.29 is 0 Å². The van der Waals surface area contributed by atoms with Crippen LogP contribution in [0.25, 0.3) is 0 Å². The van der Waals surface area contributed by atoms with Crippen molar-refractivity contribution in [1.29, 1.82) is 0 Å². The Hall–Kier alpha value is -0.520. The molecular weight excluding hydrogens is 192 g/mol. The smallest absolute Gasteiger partial charge is 0.0292 e. The van der Waals surface area contributed by atoms with Crippen LogP contribution in [0.1, 0.15) is 72.1 Å². The minimum absolute atomic E-state index is 0.922. The fourth-order valence-corrected chi connectivity index (χ4v) is 2.53. The van der Waals surface area contributed by atoms with Crippen molar-refractivity contribution in [1.82, 2.24) is 0 Å². The zero-order valence-corrected chi connectivity index (χ0v) is 11.4. The summed E-state index contributed by atoms with van der Waals surface area (Å²) in [5.41, 5.74) is 3.30. The van der Waals surface area contributed by atoms with E-state index in [-0.39, 0.29) is 0 Å². The highest BCUT2D eigenvalue weighted by Crippen LogP contribution is 2.30. The molecule has 0 aliphatic heterocycles. The molecule has 0 bridgehead atoms. The van der Waals surface area contributed by atoms with Crippen LogP contribution >= 0.6 is 0 Å². The van der Waals surface area contributed by atoms with Crippen LogP contribution in [-0.2, 0) is 0 Å². The van der Waals surface area contributed by atoms with E-state index in [1.54, 1.807) is 11.1 Å². The first-order valence-corrected chi connectivity index (χ1v) is 7.06. The minimum atomic E-state index is 0.922. The maximum Gasteiger partial charge on any atom is -0.0292 e. The second-order valence-electron chi connectivity index (χ2n) is 5.30. The maximum atomic E-state index is 2.53. The Kier molecular flexibility index (Phi) is 6.52. The van der Waals surface area contributed by atoms with Crippen molar-refractivity contribution in [3.8, 4) is 0 Å². The molecule has 0 saturated carbocycles. The molecule has 1 aliphatic rings. The van der Waals surface area contributed by atoms with E-state index >= 15 is 0 Å². The average molecular weight is 220 g/mol. The van der Waals surface area contributed by atoms with E-state index in [0.717, 1.165) is 5.92 Å². The Labute approximate surface area is 102 Å². The van der Waals surface area contributed by atoms with Gasteiger partial charge in [-0.2, -0.15) is 0 Å². The normalized spacial score (nSPS) is 22.1. The highest BCUT2D eigenvalue weighted by atomic mass is 14.2. The van der Waals surface area contributed by atoms with Gasteiger partial charge in [-0.15, -0.1) is 0 Å². The second kappa shape index (κ2) is 7.70. The number of rotatable bonds is 6. The zero-order valence-electron chi connectivity index (χ0n) is 11.4. The monoisotopic (exact) mass is 220 g/mol. The number of allylic oxidation sites excluding steroid dienone is 4. The van der Waals surface area contributed by atoms with Crippen molar-refractivity contribution in [2.24, 2.45) is 5.92 Å². The van der Waals surface area contributed by atoms with Gasteiger partial charge in [-0.05, 0) is 58.3 Å². The van der Waals surface area contributed by atoms with Crippen molar-refractivity contribution in [3.05, 3.63) is 23.3 Å². The lowest BCUT2D eigenvalue weighted by Crippen LogP contribution is -2.06. The van der Waals surface area contributed by atoms with Crippen LogP contribution in [0.15, 0.2) is 23.3 Å². The number of hydrogen-bond acceptors (Lipinski definition) is 0. The van der Waals surface area contributed by atoms with Gasteiger partial charge in [0, 0.05) is 0 Å². The summed E-state index contributed by atoms with van der Waals surface area (Å²) in [7, 11) is 0. The summed E-state index contributed by atoms with van der Waals surface area (Å²) < 4.78 is 0. The molecule has 0 N–H and O–H groups in total. The van der Waals surface area contributed by atoms with Crippen LogP contribution in [0.3, 0.4) is 0 Å². The predicted octanol–water partition coefficient (Wildman–Crippen LogP) is 5.65. The zero-order chi connectivity index (χ0) is 11.8. The van der Waals surface area contributed by atoms with Crippen LogP contribution in [0, 0.1) is 5.92 Å². The minimum Gasteiger partial charge on any atom is -0.0887 e. The molecule has 0 fully saturated rings. The van der Waals surface area contributed by atoms with Gasteiger partial charge >= 0.3 is 0 Å². The molecule has 1 unspecified atom stereocenters. The summed E-state index contributed by atoms with van der Waals surface area (Å²) in [6.07, 6.45) is 15.7. The van der Waals surface area contributed by atoms with E-state index in [0.29, 0.717) is 0 Å². The molecule has 0 saturated heterocycles. The molecular formula is C16H28. The Balaban J connectivity index is 2.25. The fraction of sp³-hybridized carbons (Fsp3) is 0.750. The van der Waals surface area contributed by atoms with E-state index in [4.69, 9.17) is 0 Å². The van der Waals surface area contributed by atoms with E-state index in [1.807, 2.05) is 0 Å². The van der Waals surface area contributed by atoms with Crippen LogP contribution in [0.2, 0.25) is 0 Å². The first-order chi connectivity index (χ1) is 7.76. The first-order valence-electron chi connectivity index (χ1n) is 7.06. The topological polar surface area (TPSA) is 0 Å². The molecule has 0 heteroatoms. The molecule has 1 atom stereocenters. The van der Waals surface area contributed by atoms with Crippen molar-refractivity contribution in [2.75, 3.05) is 0 Å². The highest BCUT2D eigenvalue weighted by molar-refractivity contribution is 5.08. The third-order valence-electron chi connectivity index (χ3n) is 3.82. The lowest BCUT2D eigenvalue weighted by atomic mass is 9.84. The molecule has 0 heterocycles. The molecule has 0 spiro atoms. The molecule has 0 aromatic carbocycles. The van der Waals surface area contributed by atoms with Crippen LogP contribution in [0.4, 0.5) is 0 Å². The summed E-state index contributed by atoms with van der Waals surface area (Å²) in [4.78, 5) is 0. The van der Waals surface area contributed by atoms with Crippen LogP contribution < -0.4 is 0 Å². The Bertz CT molecular complexity index is 245. The van der Waals surface area contributed by atoms with Gasteiger partial charge in [-0.25, -0.2) is 0 Å². The van der Waals surface area contributed by atoms with Crippen LogP contribution in [0.5, 0.6) is 0 Å². The summed E-state index contributed by atoms with van der Waals surface area (Å²) in [6.45, 7) is 6.70. The Morgan fingerprint density at radius 1 is 1.44 bits per heavy atom. The summed E-state index contributed by atoms with van der Waals surface area (Å²) >= 11 is 0.